The summed E-state index contributed by atoms with van der Waals surface area (Å²) in [5.74, 6) is -1.47. The highest BCUT2D eigenvalue weighted by atomic mass is 32.2. The summed E-state index contributed by atoms with van der Waals surface area (Å²) in [5, 5.41) is 1.48. The van der Waals surface area contributed by atoms with Gasteiger partial charge in [-0.3, -0.25) is 9.59 Å². The lowest BCUT2D eigenvalue weighted by molar-refractivity contribution is -0.145. The molecule has 0 aliphatic carbocycles. The van der Waals surface area contributed by atoms with Crippen molar-refractivity contribution in [3.05, 3.63) is 0 Å². The molecule has 0 spiro atoms. The Morgan fingerprint density at radius 1 is 1.56 bits per heavy atom. The first-order valence-corrected chi connectivity index (χ1v) is 6.95. The van der Waals surface area contributed by atoms with Crippen molar-refractivity contribution in [1.82, 2.24) is 5.32 Å². The largest absolute Gasteiger partial charge is 0.466 e. The van der Waals surface area contributed by atoms with Gasteiger partial charge in [0.25, 0.3) is 0 Å². The van der Waals surface area contributed by atoms with Gasteiger partial charge in [-0.05, 0) is 13.3 Å². The van der Waals surface area contributed by atoms with Crippen LogP contribution in [0.2, 0.25) is 0 Å². The number of carbonyl (C=O) groups is 2. The van der Waals surface area contributed by atoms with E-state index in [1.54, 1.807) is 6.92 Å². The second-order valence-electron chi connectivity index (χ2n) is 3.77. The number of nitrogens with one attached hydrogen (secondary N) is 1. The van der Waals surface area contributed by atoms with E-state index in [2.05, 4.69) is 5.32 Å². The van der Waals surface area contributed by atoms with Crippen molar-refractivity contribution in [3.63, 3.8) is 0 Å². The van der Waals surface area contributed by atoms with Gasteiger partial charge in [0, 0.05) is 6.26 Å². The van der Waals surface area contributed by atoms with Gasteiger partial charge in [0.1, 0.15) is 5.37 Å². The lowest BCUT2D eigenvalue weighted by Crippen LogP contribution is -2.32. The van der Waals surface area contributed by atoms with Gasteiger partial charge in [-0.25, -0.2) is 8.42 Å². The van der Waals surface area contributed by atoms with E-state index in [1.165, 1.54) is 0 Å². The molecule has 1 amide bonds. The van der Waals surface area contributed by atoms with E-state index in [0.29, 0.717) is 0 Å². The SMILES string of the molecule is CCOC(=O)C[C@H]1C[C@H](S(C)(=O)=O)NC1=O. The van der Waals surface area contributed by atoms with Crippen molar-refractivity contribution < 1.29 is 22.7 Å². The zero-order chi connectivity index (χ0) is 12.3. The average Bonchev–Trinajstić information content (AvgIpc) is 2.47. The van der Waals surface area contributed by atoms with Crippen molar-refractivity contribution in [3.8, 4) is 0 Å². The molecule has 1 aliphatic heterocycles. The lowest BCUT2D eigenvalue weighted by Gasteiger charge is -2.06. The molecule has 92 valence electrons. The van der Waals surface area contributed by atoms with E-state index < -0.39 is 33.0 Å². The first-order valence-electron chi connectivity index (χ1n) is 4.99. The number of ether oxygens (including phenoxy) is 1. The predicted octanol–water partition coefficient (Wildman–Crippen LogP) is -0.554. The van der Waals surface area contributed by atoms with Gasteiger partial charge in [0.2, 0.25) is 5.91 Å². The van der Waals surface area contributed by atoms with E-state index in [1.807, 2.05) is 0 Å². The van der Waals surface area contributed by atoms with E-state index in [0.717, 1.165) is 6.26 Å². The fourth-order valence-corrected chi connectivity index (χ4v) is 2.49. The maximum atomic E-state index is 11.4. The van der Waals surface area contributed by atoms with Crippen LogP contribution in [0.3, 0.4) is 0 Å². The van der Waals surface area contributed by atoms with Crippen LogP contribution in [0.5, 0.6) is 0 Å². The number of hydrogen-bond donors (Lipinski definition) is 1. The van der Waals surface area contributed by atoms with Gasteiger partial charge in [-0.15, -0.1) is 0 Å². The second kappa shape index (κ2) is 4.82. The van der Waals surface area contributed by atoms with Crippen LogP contribution in [-0.4, -0.2) is 38.5 Å². The van der Waals surface area contributed by atoms with Crippen LogP contribution >= 0.6 is 0 Å². The normalized spacial score (nSPS) is 25.2. The topological polar surface area (TPSA) is 89.5 Å². The Hall–Kier alpha value is -1.11. The molecule has 1 aliphatic rings. The minimum atomic E-state index is -3.30. The molecule has 0 saturated carbocycles. The van der Waals surface area contributed by atoms with Crippen LogP contribution in [0.1, 0.15) is 19.8 Å². The quantitative estimate of drug-likeness (QED) is 0.675. The zero-order valence-corrected chi connectivity index (χ0v) is 10.0. The van der Waals surface area contributed by atoms with E-state index in [9.17, 15) is 18.0 Å². The maximum absolute atomic E-state index is 11.4. The summed E-state index contributed by atoms with van der Waals surface area (Å²) < 4.78 is 27.1. The van der Waals surface area contributed by atoms with Gasteiger partial charge >= 0.3 is 5.97 Å². The average molecular weight is 249 g/mol. The summed E-state index contributed by atoms with van der Waals surface area (Å²) in [6, 6.07) is 0. The van der Waals surface area contributed by atoms with E-state index in [-0.39, 0.29) is 19.4 Å². The highest BCUT2D eigenvalue weighted by Gasteiger charge is 2.38. The molecule has 0 bridgehead atoms. The van der Waals surface area contributed by atoms with E-state index in [4.69, 9.17) is 4.74 Å². The van der Waals surface area contributed by atoms with Crippen molar-refractivity contribution in [2.75, 3.05) is 12.9 Å². The number of sulfone groups is 1. The Morgan fingerprint density at radius 3 is 2.62 bits per heavy atom. The van der Waals surface area contributed by atoms with Crippen LogP contribution < -0.4 is 5.32 Å². The van der Waals surface area contributed by atoms with Gasteiger partial charge in [0.15, 0.2) is 9.84 Å². The Kier molecular flexibility index (Phi) is 3.90. The molecular weight excluding hydrogens is 234 g/mol. The third-order valence-corrected chi connectivity index (χ3v) is 3.75. The zero-order valence-electron chi connectivity index (χ0n) is 9.23. The molecule has 2 atom stereocenters. The molecular formula is C9H15NO5S. The smallest absolute Gasteiger partial charge is 0.306 e. The van der Waals surface area contributed by atoms with Crippen LogP contribution in [-0.2, 0) is 24.2 Å². The number of rotatable bonds is 4. The fourth-order valence-electron chi connectivity index (χ4n) is 1.58. The molecule has 1 fully saturated rings. The summed E-state index contributed by atoms with van der Waals surface area (Å²) in [4.78, 5) is 22.5. The molecule has 0 radical (unpaired) electrons. The third-order valence-electron chi connectivity index (χ3n) is 2.41. The number of amides is 1. The van der Waals surface area contributed by atoms with Crippen LogP contribution in [0.25, 0.3) is 0 Å². The molecule has 1 rings (SSSR count). The number of carbonyl (C=O) groups excluding carboxylic acids is 2. The van der Waals surface area contributed by atoms with Gasteiger partial charge in [-0.1, -0.05) is 0 Å². The van der Waals surface area contributed by atoms with Gasteiger partial charge in [0.05, 0.1) is 18.9 Å². The summed E-state index contributed by atoms with van der Waals surface area (Å²) in [7, 11) is -3.30. The van der Waals surface area contributed by atoms with Crippen molar-refractivity contribution in [2.24, 2.45) is 5.92 Å². The predicted molar refractivity (Wildman–Crippen MR) is 56.1 cm³/mol. The van der Waals surface area contributed by atoms with Crippen LogP contribution in [0.15, 0.2) is 0 Å². The first kappa shape index (κ1) is 13.0. The van der Waals surface area contributed by atoms with Crippen molar-refractivity contribution >= 4 is 21.7 Å². The van der Waals surface area contributed by atoms with Gasteiger partial charge < -0.3 is 10.1 Å². The van der Waals surface area contributed by atoms with Gasteiger partial charge in [-0.2, -0.15) is 0 Å². The summed E-state index contributed by atoms with van der Waals surface area (Å²) in [6.45, 7) is 1.93. The molecule has 1 saturated heterocycles. The highest BCUT2D eigenvalue weighted by Crippen LogP contribution is 2.22. The minimum Gasteiger partial charge on any atom is -0.466 e. The fraction of sp³-hybridized carbons (Fsp3) is 0.778. The standard InChI is InChI=1S/C9H15NO5S/c1-3-15-8(11)5-6-4-7(10-9(6)12)16(2,13)14/h6-7H,3-5H2,1-2H3,(H,10,12)/t6-,7+/m1/s1. The third kappa shape index (κ3) is 3.19. The monoisotopic (exact) mass is 249 g/mol. The highest BCUT2D eigenvalue weighted by molar-refractivity contribution is 7.91. The molecule has 0 unspecified atom stereocenters. The minimum absolute atomic E-state index is 0.0638. The number of hydrogen-bond acceptors (Lipinski definition) is 5. The molecule has 1 N–H and O–H groups in total. The Balaban J connectivity index is 2.59. The summed E-state index contributed by atoms with van der Waals surface area (Å²) in [6.07, 6.45) is 1.13. The molecule has 1 heterocycles. The Labute approximate surface area is 94.3 Å². The number of esters is 1. The molecule has 0 aromatic rings. The lowest BCUT2D eigenvalue weighted by atomic mass is 10.0. The van der Waals surface area contributed by atoms with E-state index >= 15 is 0 Å². The maximum Gasteiger partial charge on any atom is 0.306 e. The Morgan fingerprint density at radius 2 is 2.19 bits per heavy atom. The Bertz CT molecular complexity index is 389. The second-order valence-corrected chi connectivity index (χ2v) is 6.00. The van der Waals surface area contributed by atoms with Crippen LogP contribution in [0.4, 0.5) is 0 Å². The summed E-state index contributed by atoms with van der Waals surface area (Å²) >= 11 is 0. The van der Waals surface area contributed by atoms with Crippen molar-refractivity contribution in [2.45, 2.75) is 25.1 Å². The first-order chi connectivity index (χ1) is 7.34. The van der Waals surface area contributed by atoms with Crippen molar-refractivity contribution in [1.29, 1.82) is 0 Å². The van der Waals surface area contributed by atoms with Crippen LogP contribution in [0, 0.1) is 5.92 Å². The molecule has 7 heteroatoms. The molecule has 16 heavy (non-hydrogen) atoms. The molecule has 0 aromatic heterocycles. The summed E-state index contributed by atoms with van der Waals surface area (Å²) in [5.41, 5.74) is 0. The molecule has 0 aromatic carbocycles. The molecule has 6 nitrogen and oxygen atoms in total.